The van der Waals surface area contributed by atoms with Crippen LogP contribution in [0.4, 0.5) is 14.5 Å². The van der Waals surface area contributed by atoms with Crippen LogP contribution in [0.1, 0.15) is 17.3 Å². The lowest BCUT2D eigenvalue weighted by Crippen LogP contribution is -2.48. The molecule has 0 unspecified atom stereocenters. The number of oxazole rings is 1. The van der Waals surface area contributed by atoms with E-state index in [2.05, 4.69) is 15.2 Å². The number of amides is 1. The molecule has 6 nitrogen and oxygen atoms in total. The molecule has 1 fully saturated rings. The van der Waals surface area contributed by atoms with E-state index in [0.29, 0.717) is 12.4 Å². The van der Waals surface area contributed by atoms with E-state index in [4.69, 9.17) is 4.42 Å². The Labute approximate surface area is 150 Å². The lowest BCUT2D eigenvalue weighted by molar-refractivity contribution is -0.117. The molecule has 2 aromatic rings. The summed E-state index contributed by atoms with van der Waals surface area (Å²) in [4.78, 5) is 20.7. The summed E-state index contributed by atoms with van der Waals surface area (Å²) >= 11 is 0. The number of benzene rings is 1. The lowest BCUT2D eigenvalue weighted by Gasteiger charge is -2.33. The van der Waals surface area contributed by atoms with Crippen LogP contribution in [0, 0.1) is 25.5 Å². The van der Waals surface area contributed by atoms with Gasteiger partial charge >= 0.3 is 0 Å². The first-order valence-corrected chi connectivity index (χ1v) is 8.53. The van der Waals surface area contributed by atoms with Gasteiger partial charge in [0.2, 0.25) is 11.8 Å². The van der Waals surface area contributed by atoms with Gasteiger partial charge in [0, 0.05) is 32.2 Å². The van der Waals surface area contributed by atoms with Gasteiger partial charge in [-0.2, -0.15) is 0 Å². The largest absolute Gasteiger partial charge is 0.444 e. The summed E-state index contributed by atoms with van der Waals surface area (Å²) in [6.07, 6.45) is 0. The Kier molecular flexibility index (Phi) is 5.63. The first kappa shape index (κ1) is 18.5. The van der Waals surface area contributed by atoms with Crippen LogP contribution in [0.5, 0.6) is 0 Å². The average molecular weight is 364 g/mol. The molecule has 1 amide bonds. The highest BCUT2D eigenvalue weighted by Crippen LogP contribution is 2.15. The Morgan fingerprint density at radius 2 is 1.88 bits per heavy atom. The van der Waals surface area contributed by atoms with Crippen molar-refractivity contribution in [3.63, 3.8) is 0 Å². The first-order chi connectivity index (χ1) is 12.4. The smallest absolute Gasteiger partial charge is 0.238 e. The van der Waals surface area contributed by atoms with Crippen LogP contribution in [-0.4, -0.2) is 53.4 Å². The monoisotopic (exact) mass is 364 g/mol. The summed E-state index contributed by atoms with van der Waals surface area (Å²) < 4.78 is 32.1. The number of anilines is 1. The van der Waals surface area contributed by atoms with Crippen molar-refractivity contribution < 1.29 is 18.0 Å². The van der Waals surface area contributed by atoms with E-state index in [9.17, 15) is 13.6 Å². The van der Waals surface area contributed by atoms with Crippen molar-refractivity contribution in [1.29, 1.82) is 0 Å². The molecule has 1 aromatic heterocycles. The summed E-state index contributed by atoms with van der Waals surface area (Å²) in [7, 11) is 0. The minimum atomic E-state index is -0.778. The first-order valence-electron chi connectivity index (χ1n) is 8.53. The topological polar surface area (TPSA) is 61.6 Å². The van der Waals surface area contributed by atoms with E-state index < -0.39 is 11.6 Å². The highest BCUT2D eigenvalue weighted by molar-refractivity contribution is 5.92. The molecule has 2 heterocycles. The van der Waals surface area contributed by atoms with Crippen LogP contribution in [0.15, 0.2) is 22.6 Å². The van der Waals surface area contributed by atoms with Crippen LogP contribution in [0.25, 0.3) is 0 Å². The van der Waals surface area contributed by atoms with Crippen molar-refractivity contribution in [2.45, 2.75) is 20.4 Å². The molecule has 140 valence electrons. The molecular weight excluding hydrogens is 342 g/mol. The molecule has 1 saturated heterocycles. The molecule has 3 rings (SSSR count). The summed E-state index contributed by atoms with van der Waals surface area (Å²) in [6, 6.07) is 3.09. The van der Waals surface area contributed by atoms with Crippen molar-refractivity contribution in [3.8, 4) is 0 Å². The van der Waals surface area contributed by atoms with Crippen molar-refractivity contribution in [2.24, 2.45) is 0 Å². The summed E-state index contributed by atoms with van der Waals surface area (Å²) in [6.45, 7) is 7.65. The Morgan fingerprint density at radius 3 is 2.50 bits per heavy atom. The molecular formula is C18H22F2N4O2. The predicted octanol–water partition coefficient (Wildman–Crippen LogP) is 2.33. The minimum absolute atomic E-state index is 0.00957. The van der Waals surface area contributed by atoms with Crippen molar-refractivity contribution >= 4 is 11.6 Å². The van der Waals surface area contributed by atoms with Crippen molar-refractivity contribution in [3.05, 3.63) is 47.2 Å². The molecule has 0 saturated carbocycles. The van der Waals surface area contributed by atoms with Gasteiger partial charge in [0.05, 0.1) is 24.5 Å². The number of rotatable bonds is 5. The van der Waals surface area contributed by atoms with Crippen molar-refractivity contribution in [1.82, 2.24) is 14.8 Å². The molecule has 26 heavy (non-hydrogen) atoms. The van der Waals surface area contributed by atoms with Crippen molar-refractivity contribution in [2.75, 3.05) is 38.0 Å². The fraction of sp³-hybridized carbons (Fsp3) is 0.444. The fourth-order valence-electron chi connectivity index (χ4n) is 2.89. The lowest BCUT2D eigenvalue weighted by atomic mass is 10.2. The van der Waals surface area contributed by atoms with Crippen LogP contribution >= 0.6 is 0 Å². The van der Waals surface area contributed by atoms with Gasteiger partial charge in [-0.25, -0.2) is 13.8 Å². The standard InChI is InChI=1S/C18H22F2N4O2/c1-12-13(2)26-18(21-12)11-24-7-5-23(6-8-24)10-17(25)22-16-4-3-14(19)9-15(16)20/h3-4,9H,5-8,10-11H2,1-2H3,(H,22,25). The fourth-order valence-corrected chi connectivity index (χ4v) is 2.89. The van der Waals surface area contributed by atoms with Crippen LogP contribution in [0.2, 0.25) is 0 Å². The number of aromatic nitrogens is 1. The van der Waals surface area contributed by atoms with E-state index in [1.807, 2.05) is 18.7 Å². The number of piperazine rings is 1. The average Bonchev–Trinajstić information content (AvgIpc) is 2.90. The molecule has 1 aromatic carbocycles. The van der Waals surface area contributed by atoms with Crippen LogP contribution in [0.3, 0.4) is 0 Å². The molecule has 0 radical (unpaired) electrons. The maximum absolute atomic E-state index is 13.6. The number of hydrogen-bond donors (Lipinski definition) is 1. The van der Waals surface area contributed by atoms with E-state index in [-0.39, 0.29) is 18.1 Å². The molecule has 8 heteroatoms. The second kappa shape index (κ2) is 7.92. The highest BCUT2D eigenvalue weighted by atomic mass is 19.1. The third-order valence-electron chi connectivity index (χ3n) is 4.47. The molecule has 0 atom stereocenters. The molecule has 0 aliphatic carbocycles. The van der Waals surface area contributed by atoms with Gasteiger partial charge in [-0.05, 0) is 26.0 Å². The Morgan fingerprint density at radius 1 is 1.19 bits per heavy atom. The van der Waals surface area contributed by atoms with Gasteiger partial charge in [-0.1, -0.05) is 0 Å². The van der Waals surface area contributed by atoms with Crippen LogP contribution in [-0.2, 0) is 11.3 Å². The minimum Gasteiger partial charge on any atom is -0.444 e. The summed E-state index contributed by atoms with van der Waals surface area (Å²) in [5.74, 6) is -0.225. The molecule has 1 aliphatic heterocycles. The van der Waals surface area contributed by atoms with E-state index in [1.165, 1.54) is 6.07 Å². The van der Waals surface area contributed by atoms with Gasteiger partial charge in [0.1, 0.15) is 17.4 Å². The van der Waals surface area contributed by atoms with E-state index in [1.54, 1.807) is 0 Å². The Hall–Kier alpha value is -2.32. The van der Waals surface area contributed by atoms with E-state index in [0.717, 1.165) is 49.8 Å². The van der Waals surface area contributed by atoms with E-state index >= 15 is 0 Å². The molecule has 1 aliphatic rings. The quantitative estimate of drug-likeness (QED) is 0.882. The summed E-state index contributed by atoms with van der Waals surface area (Å²) in [5, 5.41) is 2.48. The second-order valence-electron chi connectivity index (χ2n) is 6.47. The van der Waals surface area contributed by atoms with Gasteiger partial charge < -0.3 is 9.73 Å². The molecule has 1 N–H and O–H groups in total. The molecule has 0 bridgehead atoms. The zero-order valence-electron chi connectivity index (χ0n) is 14.9. The number of carbonyl (C=O) groups is 1. The highest BCUT2D eigenvalue weighted by Gasteiger charge is 2.21. The van der Waals surface area contributed by atoms with Gasteiger partial charge in [0.15, 0.2) is 0 Å². The SMILES string of the molecule is Cc1nc(CN2CCN(CC(=O)Nc3ccc(F)cc3F)CC2)oc1C. The Bertz CT molecular complexity index is 766. The number of aryl methyl sites for hydroxylation is 2. The number of carbonyl (C=O) groups excluding carboxylic acids is 1. The Balaban J connectivity index is 1.45. The maximum atomic E-state index is 13.6. The predicted molar refractivity (Wildman–Crippen MR) is 92.7 cm³/mol. The molecule has 0 spiro atoms. The van der Waals surface area contributed by atoms with Gasteiger partial charge in [-0.15, -0.1) is 0 Å². The number of nitrogens with one attached hydrogen (secondary N) is 1. The summed E-state index contributed by atoms with van der Waals surface area (Å²) in [5.41, 5.74) is 0.896. The van der Waals surface area contributed by atoms with Gasteiger partial charge in [-0.3, -0.25) is 14.6 Å². The van der Waals surface area contributed by atoms with Gasteiger partial charge in [0.25, 0.3) is 0 Å². The zero-order valence-corrected chi connectivity index (χ0v) is 14.9. The second-order valence-corrected chi connectivity index (χ2v) is 6.47. The number of nitrogens with zero attached hydrogens (tertiary/aromatic N) is 3. The number of halogens is 2. The maximum Gasteiger partial charge on any atom is 0.238 e. The number of hydrogen-bond acceptors (Lipinski definition) is 5. The normalized spacial score (nSPS) is 16.0. The zero-order chi connectivity index (χ0) is 18.7. The third-order valence-corrected chi connectivity index (χ3v) is 4.47. The van der Waals surface area contributed by atoms with Crippen LogP contribution < -0.4 is 5.32 Å². The third kappa shape index (κ3) is 4.64.